The van der Waals surface area contributed by atoms with Gasteiger partial charge in [0.1, 0.15) is 11.6 Å². The number of hydrogen-bond donors (Lipinski definition) is 2. The topological polar surface area (TPSA) is 67.0 Å². The van der Waals surface area contributed by atoms with Crippen LogP contribution in [0, 0.1) is 5.82 Å². The van der Waals surface area contributed by atoms with Crippen molar-refractivity contribution < 1.29 is 13.9 Å². The minimum Gasteiger partial charge on any atom is -0.497 e. The Labute approximate surface area is 119 Å². The molecule has 106 valence electrons. The van der Waals surface area contributed by atoms with Crippen LogP contribution in [0.25, 0.3) is 10.9 Å². The van der Waals surface area contributed by atoms with Crippen molar-refractivity contribution in [1.82, 2.24) is 10.2 Å². The van der Waals surface area contributed by atoms with Gasteiger partial charge in [-0.15, -0.1) is 0 Å². The summed E-state index contributed by atoms with van der Waals surface area (Å²) in [5.74, 6) is -0.780. The number of carbonyl (C=O) groups excluding carboxylic acids is 1. The Hall–Kier alpha value is -2.89. The molecule has 0 aliphatic heterocycles. The first kappa shape index (κ1) is 13.1. The second-order valence-corrected chi connectivity index (χ2v) is 4.47. The number of methoxy groups -OCH3 is 1. The molecule has 0 unspecified atom stereocenters. The maximum absolute atomic E-state index is 13.8. The quantitative estimate of drug-likeness (QED) is 0.777. The molecular formula is C15H12FN3O2. The number of nitrogens with zero attached hydrogens (tertiary/aromatic N) is 1. The highest BCUT2D eigenvalue weighted by Gasteiger charge is 2.13. The second kappa shape index (κ2) is 5.24. The third-order valence-corrected chi connectivity index (χ3v) is 3.12. The lowest BCUT2D eigenvalue weighted by Crippen LogP contribution is -2.13. The van der Waals surface area contributed by atoms with E-state index in [1.807, 2.05) is 0 Å². The minimum absolute atomic E-state index is 0.0388. The summed E-state index contributed by atoms with van der Waals surface area (Å²) in [4.78, 5) is 12.1. The van der Waals surface area contributed by atoms with Crippen LogP contribution in [0.15, 0.2) is 42.6 Å². The fourth-order valence-corrected chi connectivity index (χ4v) is 2.03. The maximum Gasteiger partial charge on any atom is 0.258 e. The molecule has 5 nitrogen and oxygen atoms in total. The first-order chi connectivity index (χ1) is 10.2. The highest BCUT2D eigenvalue weighted by Crippen LogP contribution is 2.20. The number of rotatable bonds is 3. The first-order valence-electron chi connectivity index (χ1n) is 6.25. The highest BCUT2D eigenvalue weighted by atomic mass is 19.1. The number of nitrogens with one attached hydrogen (secondary N) is 2. The van der Waals surface area contributed by atoms with Crippen LogP contribution in [0.4, 0.5) is 10.1 Å². The molecule has 0 spiro atoms. The van der Waals surface area contributed by atoms with Crippen molar-refractivity contribution in [2.45, 2.75) is 0 Å². The van der Waals surface area contributed by atoms with Crippen molar-refractivity contribution in [3.05, 3.63) is 54.0 Å². The smallest absolute Gasteiger partial charge is 0.258 e. The van der Waals surface area contributed by atoms with Crippen LogP contribution in [0.2, 0.25) is 0 Å². The van der Waals surface area contributed by atoms with Crippen molar-refractivity contribution in [2.75, 3.05) is 12.4 Å². The summed E-state index contributed by atoms with van der Waals surface area (Å²) in [6.07, 6.45) is 1.65. The number of aromatic amines is 1. The van der Waals surface area contributed by atoms with Crippen LogP contribution in [-0.2, 0) is 0 Å². The van der Waals surface area contributed by atoms with Crippen LogP contribution < -0.4 is 10.1 Å². The Bertz CT molecular complexity index is 814. The number of carbonyl (C=O) groups is 1. The summed E-state index contributed by atoms with van der Waals surface area (Å²) in [7, 11) is 1.44. The van der Waals surface area contributed by atoms with E-state index in [2.05, 4.69) is 15.5 Å². The van der Waals surface area contributed by atoms with Crippen LogP contribution in [0.3, 0.4) is 0 Å². The van der Waals surface area contributed by atoms with Gasteiger partial charge in [-0.05, 0) is 30.3 Å². The van der Waals surface area contributed by atoms with Gasteiger partial charge in [0.05, 0.1) is 24.4 Å². The summed E-state index contributed by atoms with van der Waals surface area (Å²) in [6.45, 7) is 0. The van der Waals surface area contributed by atoms with E-state index in [-0.39, 0.29) is 5.56 Å². The summed E-state index contributed by atoms with van der Waals surface area (Å²) >= 11 is 0. The summed E-state index contributed by atoms with van der Waals surface area (Å²) < 4.78 is 18.7. The number of H-pyrrole nitrogens is 1. The average molecular weight is 285 g/mol. The first-order valence-corrected chi connectivity index (χ1v) is 6.25. The van der Waals surface area contributed by atoms with E-state index in [0.29, 0.717) is 11.4 Å². The van der Waals surface area contributed by atoms with Crippen molar-refractivity contribution in [3.8, 4) is 5.75 Å². The third-order valence-electron chi connectivity index (χ3n) is 3.12. The van der Waals surface area contributed by atoms with Crippen LogP contribution in [0.1, 0.15) is 10.4 Å². The predicted octanol–water partition coefficient (Wildman–Crippen LogP) is 2.96. The highest BCUT2D eigenvalue weighted by molar-refractivity contribution is 6.05. The van der Waals surface area contributed by atoms with Crippen molar-refractivity contribution in [2.24, 2.45) is 0 Å². The van der Waals surface area contributed by atoms with Gasteiger partial charge < -0.3 is 10.1 Å². The second-order valence-electron chi connectivity index (χ2n) is 4.47. The summed E-state index contributed by atoms with van der Waals surface area (Å²) in [6, 6.07) is 9.38. The lowest BCUT2D eigenvalue weighted by molar-refractivity contribution is 0.102. The molecule has 3 aromatic rings. The molecule has 2 aromatic carbocycles. The molecule has 1 amide bonds. The van der Waals surface area contributed by atoms with E-state index < -0.39 is 11.7 Å². The minimum atomic E-state index is -0.628. The fourth-order valence-electron chi connectivity index (χ4n) is 2.03. The van der Waals surface area contributed by atoms with Crippen LogP contribution in [-0.4, -0.2) is 23.2 Å². The SMILES string of the molecule is COc1ccc(C(=O)Nc2ccc3[nH]ncc3c2)c(F)c1. The molecule has 21 heavy (non-hydrogen) atoms. The van der Waals surface area contributed by atoms with Gasteiger partial charge in [-0.3, -0.25) is 9.89 Å². The van der Waals surface area contributed by atoms with E-state index in [0.717, 1.165) is 10.9 Å². The zero-order valence-electron chi connectivity index (χ0n) is 11.2. The lowest BCUT2D eigenvalue weighted by Gasteiger charge is -2.07. The van der Waals surface area contributed by atoms with Crippen molar-refractivity contribution in [3.63, 3.8) is 0 Å². The summed E-state index contributed by atoms with van der Waals surface area (Å²) in [5.41, 5.74) is 1.40. The zero-order valence-corrected chi connectivity index (χ0v) is 11.2. The molecule has 0 fully saturated rings. The van der Waals surface area contributed by atoms with Crippen molar-refractivity contribution in [1.29, 1.82) is 0 Å². The normalized spacial score (nSPS) is 10.6. The molecule has 0 saturated heterocycles. The Kier molecular flexibility index (Phi) is 3.27. The number of hydrogen-bond acceptors (Lipinski definition) is 3. The summed E-state index contributed by atoms with van der Waals surface area (Å²) in [5, 5.41) is 10.2. The number of amides is 1. The maximum atomic E-state index is 13.8. The Morgan fingerprint density at radius 1 is 1.29 bits per heavy atom. The van der Waals surface area contributed by atoms with Gasteiger partial charge in [0.2, 0.25) is 0 Å². The van der Waals surface area contributed by atoms with E-state index in [1.54, 1.807) is 24.4 Å². The largest absolute Gasteiger partial charge is 0.497 e. The van der Waals surface area contributed by atoms with Gasteiger partial charge in [-0.2, -0.15) is 5.10 Å². The van der Waals surface area contributed by atoms with Gasteiger partial charge >= 0.3 is 0 Å². The molecule has 1 aromatic heterocycles. The Morgan fingerprint density at radius 3 is 2.90 bits per heavy atom. The molecule has 2 N–H and O–H groups in total. The molecule has 0 saturated carbocycles. The number of anilines is 1. The third kappa shape index (κ3) is 2.55. The van der Waals surface area contributed by atoms with Gasteiger partial charge in [-0.1, -0.05) is 0 Å². The van der Waals surface area contributed by atoms with Gasteiger partial charge in [0.15, 0.2) is 0 Å². The van der Waals surface area contributed by atoms with E-state index >= 15 is 0 Å². The Balaban J connectivity index is 1.85. The molecule has 0 aliphatic rings. The van der Waals surface area contributed by atoms with Crippen molar-refractivity contribution >= 4 is 22.5 Å². The van der Waals surface area contributed by atoms with E-state index in [9.17, 15) is 9.18 Å². The standard InChI is InChI=1S/C15H12FN3O2/c1-21-11-3-4-12(13(16)7-11)15(20)18-10-2-5-14-9(6-10)8-17-19-14/h2-8H,1H3,(H,17,19)(H,18,20). The molecule has 0 atom stereocenters. The predicted molar refractivity (Wildman–Crippen MR) is 77.0 cm³/mol. The fraction of sp³-hybridized carbons (Fsp3) is 0.0667. The molecule has 6 heteroatoms. The number of halogens is 1. The number of ether oxygens (including phenoxy) is 1. The molecule has 3 rings (SSSR count). The monoisotopic (exact) mass is 285 g/mol. The van der Waals surface area contributed by atoms with Crippen LogP contribution in [0.5, 0.6) is 5.75 Å². The van der Waals surface area contributed by atoms with Gasteiger partial charge in [0.25, 0.3) is 5.91 Å². The average Bonchev–Trinajstić information content (AvgIpc) is 2.94. The van der Waals surface area contributed by atoms with Crippen LogP contribution >= 0.6 is 0 Å². The molecular weight excluding hydrogens is 273 g/mol. The molecule has 1 heterocycles. The molecule has 0 aliphatic carbocycles. The number of aromatic nitrogens is 2. The lowest BCUT2D eigenvalue weighted by atomic mass is 10.1. The zero-order chi connectivity index (χ0) is 14.8. The van der Waals surface area contributed by atoms with Gasteiger partial charge in [-0.25, -0.2) is 4.39 Å². The molecule has 0 bridgehead atoms. The van der Waals surface area contributed by atoms with E-state index in [1.165, 1.54) is 25.3 Å². The van der Waals surface area contributed by atoms with Gasteiger partial charge in [0, 0.05) is 17.1 Å². The number of fused-ring (bicyclic) bond motifs is 1. The number of benzene rings is 2. The Morgan fingerprint density at radius 2 is 2.14 bits per heavy atom. The van der Waals surface area contributed by atoms with E-state index in [4.69, 9.17) is 4.74 Å². The molecule has 0 radical (unpaired) electrons.